The summed E-state index contributed by atoms with van der Waals surface area (Å²) in [7, 11) is 1.77. The van der Waals surface area contributed by atoms with E-state index in [-0.39, 0.29) is 22.9 Å². The number of piperidine rings is 1. The molecule has 2 aromatic heterocycles. The minimum atomic E-state index is -0.384. The number of aromatic amines is 1. The number of rotatable bonds is 6. The van der Waals surface area contributed by atoms with Gasteiger partial charge in [-0.2, -0.15) is 10.4 Å². The molecule has 2 amide bonds. The number of H-pyrrole nitrogens is 1. The van der Waals surface area contributed by atoms with Gasteiger partial charge in [0, 0.05) is 45.0 Å². The lowest BCUT2D eigenvalue weighted by Crippen LogP contribution is -2.41. The summed E-state index contributed by atoms with van der Waals surface area (Å²) in [6, 6.07) is 1.94. The molecule has 0 aromatic carbocycles. The Morgan fingerprint density at radius 1 is 1.32 bits per heavy atom. The Hall–Kier alpha value is -3.41. The molecule has 31 heavy (non-hydrogen) atoms. The lowest BCUT2D eigenvalue weighted by atomic mass is 9.95. The van der Waals surface area contributed by atoms with Crippen molar-refractivity contribution in [1.82, 2.24) is 25.0 Å². The molecule has 9 heteroatoms. The maximum atomic E-state index is 12.7. The summed E-state index contributed by atoms with van der Waals surface area (Å²) in [5.74, 6) is 0.280. The maximum absolute atomic E-state index is 12.7. The molecular weight excluding hydrogens is 396 g/mol. The van der Waals surface area contributed by atoms with Crippen molar-refractivity contribution in [3.05, 3.63) is 50.7 Å². The summed E-state index contributed by atoms with van der Waals surface area (Å²) in [6.07, 6.45) is 5.73. The second-order valence-electron chi connectivity index (χ2n) is 8.11. The topological polar surface area (TPSA) is 124 Å². The normalized spacial score (nSPS) is 14.3. The zero-order valence-electron chi connectivity index (χ0n) is 18.2. The predicted octanol–water partition coefficient (Wildman–Crippen LogP) is 1.20. The van der Waals surface area contributed by atoms with Crippen molar-refractivity contribution >= 4 is 11.8 Å². The molecule has 0 unspecified atom stereocenters. The van der Waals surface area contributed by atoms with Gasteiger partial charge in [-0.1, -0.05) is 0 Å². The van der Waals surface area contributed by atoms with E-state index in [1.54, 1.807) is 38.0 Å². The zero-order chi connectivity index (χ0) is 22.5. The molecule has 164 valence electrons. The molecule has 2 aromatic rings. The predicted molar refractivity (Wildman–Crippen MR) is 114 cm³/mol. The van der Waals surface area contributed by atoms with Crippen LogP contribution in [0.1, 0.15) is 52.0 Å². The molecule has 1 fully saturated rings. The van der Waals surface area contributed by atoms with Crippen LogP contribution in [0.15, 0.2) is 17.2 Å². The number of nitrogens with one attached hydrogen (secondary N) is 2. The monoisotopic (exact) mass is 424 g/mol. The number of hydrogen-bond donors (Lipinski definition) is 2. The van der Waals surface area contributed by atoms with Crippen molar-refractivity contribution in [3.8, 4) is 6.07 Å². The number of carbonyl (C=O) groups is 2. The Kier molecular flexibility index (Phi) is 6.90. The number of nitriles is 1. The van der Waals surface area contributed by atoms with Crippen molar-refractivity contribution in [2.75, 3.05) is 19.6 Å². The van der Waals surface area contributed by atoms with Crippen molar-refractivity contribution in [3.63, 3.8) is 0 Å². The number of aryl methyl sites for hydroxylation is 2. The molecular formula is C22H28N6O3. The minimum Gasteiger partial charge on any atom is -0.352 e. The van der Waals surface area contributed by atoms with Gasteiger partial charge in [0.25, 0.3) is 11.5 Å². The molecule has 0 saturated carbocycles. The smallest absolute Gasteiger partial charge is 0.266 e. The van der Waals surface area contributed by atoms with Gasteiger partial charge >= 0.3 is 0 Å². The van der Waals surface area contributed by atoms with E-state index in [1.807, 2.05) is 11.0 Å². The number of nitrogens with zero attached hydrogens (tertiary/aromatic N) is 4. The number of carbonyl (C=O) groups excluding carboxylic acids is 2. The molecule has 1 aliphatic heterocycles. The average Bonchev–Trinajstić information content (AvgIpc) is 3.18. The molecule has 3 rings (SSSR count). The second-order valence-corrected chi connectivity index (χ2v) is 8.11. The molecule has 0 atom stereocenters. The lowest BCUT2D eigenvalue weighted by molar-refractivity contribution is -0.132. The highest BCUT2D eigenvalue weighted by molar-refractivity contribution is 5.93. The summed E-state index contributed by atoms with van der Waals surface area (Å²) in [5, 5.41) is 16.1. The highest BCUT2D eigenvalue weighted by Crippen LogP contribution is 2.19. The fraction of sp³-hybridized carbons (Fsp3) is 0.500. The first-order valence-electron chi connectivity index (χ1n) is 10.5. The van der Waals surface area contributed by atoms with E-state index < -0.39 is 0 Å². The Bertz CT molecular complexity index is 1070. The average molecular weight is 425 g/mol. The largest absolute Gasteiger partial charge is 0.352 e. The van der Waals surface area contributed by atoms with E-state index in [1.165, 1.54) is 0 Å². The van der Waals surface area contributed by atoms with Crippen LogP contribution in [-0.2, 0) is 18.3 Å². The van der Waals surface area contributed by atoms with Crippen LogP contribution in [0, 0.1) is 31.1 Å². The molecule has 0 spiro atoms. The Balaban J connectivity index is 1.47. The second kappa shape index (κ2) is 9.60. The first-order valence-corrected chi connectivity index (χ1v) is 10.5. The highest BCUT2D eigenvalue weighted by atomic mass is 16.2. The van der Waals surface area contributed by atoms with E-state index in [0.29, 0.717) is 55.2 Å². The number of pyridine rings is 1. The van der Waals surface area contributed by atoms with Gasteiger partial charge in [0.1, 0.15) is 11.6 Å². The first kappa shape index (κ1) is 22.3. The van der Waals surface area contributed by atoms with E-state index >= 15 is 0 Å². The summed E-state index contributed by atoms with van der Waals surface area (Å²) in [6.45, 7) is 5.47. The molecule has 9 nitrogen and oxygen atoms in total. The fourth-order valence-corrected chi connectivity index (χ4v) is 4.07. The third-order valence-electron chi connectivity index (χ3n) is 5.99. The van der Waals surface area contributed by atoms with Crippen LogP contribution in [0.4, 0.5) is 0 Å². The molecule has 3 heterocycles. The van der Waals surface area contributed by atoms with Crippen LogP contribution < -0.4 is 10.9 Å². The van der Waals surface area contributed by atoms with Crippen molar-refractivity contribution in [2.24, 2.45) is 13.0 Å². The van der Waals surface area contributed by atoms with Crippen molar-refractivity contribution in [2.45, 2.75) is 39.5 Å². The van der Waals surface area contributed by atoms with Gasteiger partial charge in [-0.25, -0.2) is 0 Å². The van der Waals surface area contributed by atoms with Crippen LogP contribution in [0.25, 0.3) is 0 Å². The van der Waals surface area contributed by atoms with Crippen LogP contribution >= 0.6 is 0 Å². The van der Waals surface area contributed by atoms with Crippen LogP contribution in [0.3, 0.4) is 0 Å². The van der Waals surface area contributed by atoms with Gasteiger partial charge in [0.05, 0.1) is 11.8 Å². The molecule has 1 saturated heterocycles. The van der Waals surface area contributed by atoms with Gasteiger partial charge in [0.15, 0.2) is 0 Å². The van der Waals surface area contributed by atoms with Gasteiger partial charge in [-0.15, -0.1) is 0 Å². The quantitative estimate of drug-likeness (QED) is 0.721. The summed E-state index contributed by atoms with van der Waals surface area (Å²) in [5.41, 5.74) is 2.49. The molecule has 1 aliphatic rings. The third-order valence-corrected chi connectivity index (χ3v) is 5.99. The van der Waals surface area contributed by atoms with Crippen molar-refractivity contribution < 1.29 is 9.59 Å². The summed E-state index contributed by atoms with van der Waals surface area (Å²) < 4.78 is 1.59. The van der Waals surface area contributed by atoms with Gasteiger partial charge in [-0.05, 0) is 50.2 Å². The number of amides is 2. The van der Waals surface area contributed by atoms with Gasteiger partial charge in [-0.3, -0.25) is 19.1 Å². The van der Waals surface area contributed by atoms with Crippen LogP contribution in [0.2, 0.25) is 0 Å². The molecule has 0 aliphatic carbocycles. The summed E-state index contributed by atoms with van der Waals surface area (Å²) in [4.78, 5) is 41.2. The van der Waals surface area contributed by atoms with E-state index in [4.69, 9.17) is 0 Å². The third kappa shape index (κ3) is 5.20. The number of hydrogen-bond acceptors (Lipinski definition) is 5. The number of likely N-dealkylation sites (tertiary alicyclic amines) is 1. The Morgan fingerprint density at radius 3 is 2.65 bits per heavy atom. The first-order chi connectivity index (χ1) is 14.8. The highest BCUT2D eigenvalue weighted by Gasteiger charge is 2.24. The Morgan fingerprint density at radius 2 is 2.03 bits per heavy atom. The minimum absolute atomic E-state index is 0.0707. The van der Waals surface area contributed by atoms with E-state index in [0.717, 1.165) is 18.4 Å². The molecule has 0 bridgehead atoms. The maximum Gasteiger partial charge on any atom is 0.266 e. The number of aromatic nitrogens is 3. The van der Waals surface area contributed by atoms with Crippen LogP contribution in [-0.4, -0.2) is 51.1 Å². The van der Waals surface area contributed by atoms with E-state index in [2.05, 4.69) is 15.4 Å². The molecule has 0 radical (unpaired) electrons. The molecule has 2 N–H and O–H groups in total. The van der Waals surface area contributed by atoms with Gasteiger partial charge in [0.2, 0.25) is 5.91 Å². The Labute approximate surface area is 181 Å². The zero-order valence-corrected chi connectivity index (χ0v) is 18.2. The lowest BCUT2D eigenvalue weighted by Gasteiger charge is -2.32. The fourth-order valence-electron chi connectivity index (χ4n) is 4.07. The SMILES string of the molecule is Cc1[nH]c(=O)c(C#N)c(C)c1CCC(=O)N1CCC(CNC(=O)c2cnn(C)c2)CC1. The standard InChI is InChI=1S/C22H28N6O3/c1-14-18(15(2)26-22(31)19(14)10-23)4-5-20(29)28-8-6-16(7-9-28)11-24-21(30)17-12-25-27(3)13-17/h12-13,16H,4-9,11H2,1-3H3,(H,24,30)(H,26,31). The van der Waals surface area contributed by atoms with Crippen molar-refractivity contribution in [1.29, 1.82) is 5.26 Å². The van der Waals surface area contributed by atoms with E-state index in [9.17, 15) is 19.6 Å². The summed E-state index contributed by atoms with van der Waals surface area (Å²) >= 11 is 0. The van der Waals surface area contributed by atoms with Crippen LogP contribution in [0.5, 0.6) is 0 Å². The van der Waals surface area contributed by atoms with Gasteiger partial charge < -0.3 is 15.2 Å².